The molecule has 106 heavy (non-hydrogen) atoms. The normalized spacial score (nSPS) is 12.3. The number of rotatable bonds is 19. The Labute approximate surface area is 618 Å². The van der Waals surface area contributed by atoms with Crippen molar-refractivity contribution < 1.29 is 33.3 Å². The molecule has 520 valence electrons. The fourth-order valence-corrected chi connectivity index (χ4v) is 15.8. The first-order valence-corrected chi connectivity index (χ1v) is 36.6. The summed E-state index contributed by atoms with van der Waals surface area (Å²) in [6, 6.07) is 92.2. The Bertz CT molecular complexity index is 5730. The Balaban J connectivity index is 1.14. The highest BCUT2D eigenvalue weighted by Crippen LogP contribution is 2.59. The van der Waals surface area contributed by atoms with Gasteiger partial charge < -0.3 is 23.8 Å². The van der Waals surface area contributed by atoms with Gasteiger partial charge in [0, 0.05) is 67.0 Å². The molecule has 1 heterocycles. The molecule has 0 saturated carbocycles. The summed E-state index contributed by atoms with van der Waals surface area (Å²) in [4.78, 5) is 54.2. The van der Waals surface area contributed by atoms with Gasteiger partial charge in [0.15, 0.2) is 0 Å². The lowest BCUT2D eigenvalue weighted by molar-refractivity contribution is 0.0891. The number of nitrogens with zero attached hydrogens (tertiary/aromatic N) is 2. The van der Waals surface area contributed by atoms with Crippen LogP contribution in [0, 0.1) is 6.92 Å². The van der Waals surface area contributed by atoms with Crippen molar-refractivity contribution >= 4 is 72.2 Å². The fourth-order valence-electron chi connectivity index (χ4n) is 15.8. The van der Waals surface area contributed by atoms with Crippen LogP contribution in [0.25, 0.3) is 87.6 Å². The molecule has 3 amide bonds. The van der Waals surface area contributed by atoms with Gasteiger partial charge in [-0.25, -0.2) is 4.90 Å². The van der Waals surface area contributed by atoms with Crippen molar-refractivity contribution in [1.29, 1.82) is 0 Å². The number of benzene rings is 15. The molecule has 0 spiro atoms. The van der Waals surface area contributed by atoms with Crippen molar-refractivity contribution in [3.8, 4) is 90.5 Å². The number of imide groups is 1. The summed E-state index contributed by atoms with van der Waals surface area (Å²) >= 11 is 0. The fraction of sp³-hybridized carbons (Fsp3) is 0.144. The molecule has 0 fully saturated rings. The van der Waals surface area contributed by atoms with Gasteiger partial charge in [0.1, 0.15) is 46.0 Å². The second-order valence-electron chi connectivity index (χ2n) is 28.8. The summed E-state index contributed by atoms with van der Waals surface area (Å²) in [6.07, 6.45) is 0. The van der Waals surface area contributed by atoms with E-state index < -0.39 is 11.8 Å². The zero-order valence-electron chi connectivity index (χ0n) is 61.1. The molecule has 15 aromatic carbocycles. The lowest BCUT2D eigenvalue weighted by Crippen LogP contribution is -2.42. The van der Waals surface area contributed by atoms with Crippen LogP contribution in [-0.4, -0.2) is 24.8 Å². The summed E-state index contributed by atoms with van der Waals surface area (Å²) in [5.74, 6) is 1.88. The second kappa shape index (κ2) is 27.9. The first kappa shape index (κ1) is 67.9. The predicted molar refractivity (Wildman–Crippen MR) is 433 cm³/mol. The topological polar surface area (TPSA) is 94.6 Å². The summed E-state index contributed by atoms with van der Waals surface area (Å²) in [5.41, 5.74) is 13.5. The Morgan fingerprint density at radius 3 is 0.934 bits per heavy atom. The quantitative estimate of drug-likeness (QED) is 0.0452. The van der Waals surface area contributed by atoms with Gasteiger partial charge in [0.05, 0.1) is 28.1 Å². The van der Waals surface area contributed by atoms with E-state index in [4.69, 9.17) is 18.9 Å². The average Bonchev–Trinajstić information content (AvgIpc) is 0.674. The number of carbonyl (C=O) groups excluding carboxylic acids is 3. The molecule has 16 rings (SSSR count). The molecule has 1 aliphatic heterocycles. The van der Waals surface area contributed by atoms with Gasteiger partial charge in [-0.05, 0) is 135 Å². The number of para-hydroxylation sites is 6. The zero-order chi connectivity index (χ0) is 73.2. The van der Waals surface area contributed by atoms with Crippen molar-refractivity contribution in [2.24, 2.45) is 0 Å². The van der Waals surface area contributed by atoms with E-state index in [2.05, 4.69) is 128 Å². The molecule has 0 saturated heterocycles. The lowest BCUT2D eigenvalue weighted by atomic mass is 9.81. The third-order valence-electron chi connectivity index (χ3n) is 20.8. The molecule has 0 aromatic heterocycles. The maximum absolute atomic E-state index is 17.1. The summed E-state index contributed by atoms with van der Waals surface area (Å²) in [7, 11) is 1.88. The van der Waals surface area contributed by atoms with Gasteiger partial charge in [-0.1, -0.05) is 286 Å². The third kappa shape index (κ3) is 11.8. The monoisotopic (exact) mass is 1380 g/mol. The van der Waals surface area contributed by atoms with Crippen molar-refractivity contribution in [2.45, 2.75) is 86.0 Å². The number of ether oxygens (including phenoxy) is 4. The van der Waals surface area contributed by atoms with Crippen molar-refractivity contribution in [3.05, 3.63) is 324 Å². The van der Waals surface area contributed by atoms with Crippen LogP contribution in [0.5, 0.6) is 46.0 Å². The smallest absolute Gasteiger partial charge is 0.266 e. The number of hydrogen-bond acceptors (Lipinski definition) is 7. The van der Waals surface area contributed by atoms with E-state index >= 15 is 14.4 Å². The summed E-state index contributed by atoms with van der Waals surface area (Å²) < 4.78 is 31.2. The number of hydrogen-bond donors (Lipinski definition) is 0. The molecule has 1 aliphatic rings. The molecule has 9 heteroatoms. The van der Waals surface area contributed by atoms with Crippen molar-refractivity contribution in [1.82, 2.24) is 0 Å². The van der Waals surface area contributed by atoms with Crippen molar-refractivity contribution in [3.63, 3.8) is 0 Å². The van der Waals surface area contributed by atoms with E-state index in [1.54, 1.807) is 0 Å². The maximum Gasteiger partial charge on any atom is 0.266 e. The Hall–Kier alpha value is -12.6. The van der Waals surface area contributed by atoms with E-state index in [0.29, 0.717) is 88.8 Å². The highest BCUT2D eigenvalue weighted by atomic mass is 16.5. The molecule has 15 aromatic rings. The minimum atomic E-state index is -0.526. The third-order valence-corrected chi connectivity index (χ3v) is 20.8. The molecular weight excluding hydrogens is 1310 g/mol. The highest BCUT2D eigenvalue weighted by molar-refractivity contribution is 6.46. The van der Waals surface area contributed by atoms with Crippen LogP contribution >= 0.6 is 0 Å². The Kier molecular flexibility index (Phi) is 17.9. The van der Waals surface area contributed by atoms with Crippen LogP contribution in [-0.2, 0) is 0 Å². The number of carbonyl (C=O) groups is 3. The Morgan fingerprint density at radius 2 is 0.594 bits per heavy atom. The zero-order valence-corrected chi connectivity index (χ0v) is 61.1. The summed E-state index contributed by atoms with van der Waals surface area (Å²) in [5, 5.41) is 4.08. The minimum Gasteiger partial charge on any atom is -0.456 e. The van der Waals surface area contributed by atoms with E-state index in [9.17, 15) is 0 Å². The van der Waals surface area contributed by atoms with E-state index in [1.165, 1.54) is 4.90 Å². The van der Waals surface area contributed by atoms with E-state index in [1.807, 2.05) is 225 Å². The predicted octanol–water partition coefficient (Wildman–Crippen LogP) is 26.5. The van der Waals surface area contributed by atoms with Crippen LogP contribution in [0.1, 0.15) is 138 Å². The van der Waals surface area contributed by atoms with Gasteiger partial charge in [0.25, 0.3) is 17.7 Å². The molecule has 0 atom stereocenters. The van der Waals surface area contributed by atoms with E-state index in [-0.39, 0.29) is 52.2 Å². The van der Waals surface area contributed by atoms with Crippen LogP contribution in [0.15, 0.2) is 279 Å². The van der Waals surface area contributed by atoms with Crippen LogP contribution in [0.2, 0.25) is 0 Å². The number of amides is 3. The van der Waals surface area contributed by atoms with Crippen molar-refractivity contribution in [2.75, 3.05) is 16.8 Å². The van der Waals surface area contributed by atoms with Gasteiger partial charge in [-0.3, -0.25) is 14.4 Å². The Morgan fingerprint density at radius 1 is 0.302 bits per heavy atom. The van der Waals surface area contributed by atoms with Gasteiger partial charge in [-0.2, -0.15) is 0 Å². The maximum atomic E-state index is 17.1. The first-order chi connectivity index (χ1) is 51.5. The van der Waals surface area contributed by atoms with Gasteiger partial charge in [0.2, 0.25) is 0 Å². The largest absolute Gasteiger partial charge is 0.456 e. The lowest BCUT2D eigenvalue weighted by Gasteiger charge is -2.34. The number of anilines is 2. The van der Waals surface area contributed by atoms with Gasteiger partial charge in [-0.15, -0.1) is 0 Å². The molecule has 0 N–H and O–H groups in total. The molecule has 0 aliphatic carbocycles. The second-order valence-corrected chi connectivity index (χ2v) is 28.8. The van der Waals surface area contributed by atoms with Gasteiger partial charge >= 0.3 is 0 Å². The SMILES string of the molecule is Cc1cc(Oc2ccccc2-c2ccccc2)c2c3c(Oc4ccccc4-c4ccccc4)cc4c5c(cc(Oc6ccccc6-c6ccccc6)c(c6c(Oc7ccccc7-c7ccccc7)cc(C(=O)N(C)c7c(C(C)C)cccc7C(C)C)c1c26)c53)C(=O)N(c1c(C(C)C)cccc1C(C)C)C4=O. The molecule has 0 bridgehead atoms. The molecular formula is C97H80N2O7. The standard InChI is InChI=1S/C97H80N2O7/c1-57(2)66-45-31-46-67(58(3)4)93(66)98(10)95(100)74-54-82(104-78-50-28-24-42-71(78)63-35-17-12-18-36-63)88-90-84(106-80-52-30-26-44-73(80)65-39-21-14-22-40-65)56-76-86-75(96(101)99(97(76)102)94-68(59(5)6)47-32-48-69(94)60(7)8)55-83(105-79-51-29-25-43-72(79)64-37-19-13-20-38-64)89(92(86)90)87-81(53-61(9)85(74)91(87)88)103-77-49-27-23-41-70(77)62-33-15-11-16-34-62/h11-60H,1-10H3. The highest BCUT2D eigenvalue weighted by Gasteiger charge is 2.42. The van der Waals surface area contributed by atoms with E-state index in [0.717, 1.165) is 78.0 Å². The number of aryl methyl sites for hydroxylation is 1. The minimum absolute atomic E-state index is 0.0522. The molecule has 9 nitrogen and oxygen atoms in total. The van der Waals surface area contributed by atoms with Crippen LogP contribution in [0.3, 0.4) is 0 Å². The first-order valence-electron chi connectivity index (χ1n) is 36.6. The van der Waals surface area contributed by atoms with Crippen LogP contribution < -0.4 is 28.7 Å². The molecule has 0 radical (unpaired) electrons. The summed E-state index contributed by atoms with van der Waals surface area (Å²) in [6.45, 7) is 19.1. The molecule has 0 unspecified atom stereocenters. The number of fused-ring (bicyclic) bond motifs is 2. The average molecular weight is 1390 g/mol. The van der Waals surface area contributed by atoms with Crippen LogP contribution in [0.4, 0.5) is 11.4 Å².